The lowest BCUT2D eigenvalue weighted by molar-refractivity contribution is -0.110. The van der Waals surface area contributed by atoms with E-state index in [4.69, 9.17) is 0 Å². The molecule has 1 N–H and O–H groups in total. The normalized spacial score (nSPS) is 17.8. The number of carbonyl (C=O) groups excluding carboxylic acids is 1. The van der Waals surface area contributed by atoms with Gasteiger partial charge in [0.2, 0.25) is 0 Å². The number of nitrogens with zero attached hydrogens (tertiary/aromatic N) is 1. The van der Waals surface area contributed by atoms with Crippen molar-refractivity contribution in [3.8, 4) is 0 Å². The molecule has 1 amide bonds. The average molecular weight is 160 g/mol. The minimum absolute atomic E-state index is 0.112. The molecule has 0 aromatic heterocycles. The molecular weight excluding hydrogens is 152 g/mol. The van der Waals surface area contributed by atoms with Crippen LogP contribution in [0.1, 0.15) is 5.56 Å². The molecular formula is C9H8N2O. The van der Waals surface area contributed by atoms with Crippen LogP contribution in [0, 0.1) is 0 Å². The third-order valence-electron chi connectivity index (χ3n) is 1.87. The molecule has 0 radical (unpaired) electrons. The lowest BCUT2D eigenvalue weighted by Crippen LogP contribution is -2.13. The zero-order chi connectivity index (χ0) is 8.55. The van der Waals surface area contributed by atoms with E-state index in [-0.39, 0.29) is 5.91 Å². The highest BCUT2D eigenvalue weighted by Gasteiger charge is 2.23. The van der Waals surface area contributed by atoms with Gasteiger partial charge in [0.05, 0.1) is 5.69 Å². The number of anilines is 1. The van der Waals surface area contributed by atoms with Crippen LogP contribution in [0.15, 0.2) is 29.3 Å². The van der Waals surface area contributed by atoms with Crippen molar-refractivity contribution in [3.05, 3.63) is 29.8 Å². The van der Waals surface area contributed by atoms with E-state index in [0.717, 1.165) is 11.3 Å². The summed E-state index contributed by atoms with van der Waals surface area (Å²) in [6, 6.07) is 7.53. The maximum absolute atomic E-state index is 11.2. The van der Waals surface area contributed by atoms with Gasteiger partial charge >= 0.3 is 0 Å². The maximum Gasteiger partial charge on any atom is 0.274 e. The van der Waals surface area contributed by atoms with E-state index < -0.39 is 0 Å². The molecule has 0 spiro atoms. The Kier molecular flexibility index (Phi) is 1.43. The highest BCUT2D eigenvalue weighted by atomic mass is 16.2. The molecule has 1 aromatic carbocycles. The average Bonchev–Trinajstić information content (AvgIpc) is 2.40. The molecule has 2 rings (SSSR count). The number of hydrogen-bond acceptors (Lipinski definition) is 2. The summed E-state index contributed by atoms with van der Waals surface area (Å²) in [5.74, 6) is -0.112. The largest absolute Gasteiger partial charge is 0.320 e. The van der Waals surface area contributed by atoms with Crippen LogP contribution in [0.3, 0.4) is 0 Å². The van der Waals surface area contributed by atoms with Crippen LogP contribution >= 0.6 is 0 Å². The van der Waals surface area contributed by atoms with Crippen LogP contribution in [-0.4, -0.2) is 18.7 Å². The molecule has 0 atom stereocenters. The van der Waals surface area contributed by atoms with E-state index in [1.165, 1.54) is 0 Å². The summed E-state index contributed by atoms with van der Waals surface area (Å²) < 4.78 is 0. The zero-order valence-corrected chi connectivity index (χ0v) is 6.66. The van der Waals surface area contributed by atoms with E-state index in [2.05, 4.69) is 10.3 Å². The number of para-hydroxylation sites is 1. The number of hydrogen-bond donors (Lipinski definition) is 1. The van der Waals surface area contributed by atoms with Gasteiger partial charge in [0.15, 0.2) is 0 Å². The second kappa shape index (κ2) is 2.44. The van der Waals surface area contributed by atoms with Crippen LogP contribution in [0.2, 0.25) is 0 Å². The molecule has 1 aliphatic rings. The SMILES string of the molecule is CN=C1C(=O)Nc2ccccc21. The van der Waals surface area contributed by atoms with Crippen LogP contribution in [0.4, 0.5) is 5.69 Å². The monoisotopic (exact) mass is 160 g/mol. The van der Waals surface area contributed by atoms with Gasteiger partial charge in [0.25, 0.3) is 5.91 Å². The quantitative estimate of drug-likeness (QED) is 0.605. The molecule has 0 bridgehead atoms. The summed E-state index contributed by atoms with van der Waals surface area (Å²) in [7, 11) is 1.62. The van der Waals surface area contributed by atoms with Gasteiger partial charge in [-0.15, -0.1) is 0 Å². The van der Waals surface area contributed by atoms with E-state index in [1.54, 1.807) is 7.05 Å². The summed E-state index contributed by atoms with van der Waals surface area (Å²) in [6.45, 7) is 0. The lowest BCUT2D eigenvalue weighted by atomic mass is 10.1. The van der Waals surface area contributed by atoms with Gasteiger partial charge in [0, 0.05) is 12.6 Å². The van der Waals surface area contributed by atoms with E-state index in [9.17, 15) is 4.79 Å². The fourth-order valence-corrected chi connectivity index (χ4v) is 1.32. The first-order chi connectivity index (χ1) is 5.83. The van der Waals surface area contributed by atoms with Gasteiger partial charge in [-0.05, 0) is 6.07 Å². The number of amides is 1. The second-order valence-corrected chi connectivity index (χ2v) is 2.57. The third-order valence-corrected chi connectivity index (χ3v) is 1.87. The van der Waals surface area contributed by atoms with Crippen LogP contribution in [0.5, 0.6) is 0 Å². The highest BCUT2D eigenvalue weighted by molar-refractivity contribution is 6.53. The third kappa shape index (κ3) is 0.830. The molecule has 0 fully saturated rings. The van der Waals surface area contributed by atoms with Gasteiger partial charge < -0.3 is 5.32 Å². The minimum atomic E-state index is -0.112. The minimum Gasteiger partial charge on any atom is -0.320 e. The first-order valence-electron chi connectivity index (χ1n) is 3.70. The van der Waals surface area contributed by atoms with Gasteiger partial charge in [-0.25, -0.2) is 0 Å². The lowest BCUT2D eigenvalue weighted by Gasteiger charge is -1.93. The summed E-state index contributed by atoms with van der Waals surface area (Å²) >= 11 is 0. The molecule has 1 aromatic rings. The van der Waals surface area contributed by atoms with Gasteiger partial charge in [0.1, 0.15) is 5.71 Å². The highest BCUT2D eigenvalue weighted by Crippen LogP contribution is 2.22. The molecule has 0 aliphatic carbocycles. The predicted molar refractivity (Wildman–Crippen MR) is 47.5 cm³/mol. The summed E-state index contributed by atoms with van der Waals surface area (Å²) in [5, 5.41) is 2.73. The van der Waals surface area contributed by atoms with Crippen molar-refractivity contribution in [2.75, 3.05) is 12.4 Å². The smallest absolute Gasteiger partial charge is 0.274 e. The van der Waals surface area contributed by atoms with Crippen molar-refractivity contribution in [1.29, 1.82) is 0 Å². The van der Waals surface area contributed by atoms with Crippen molar-refractivity contribution >= 4 is 17.3 Å². The van der Waals surface area contributed by atoms with Crippen molar-refractivity contribution in [2.45, 2.75) is 0 Å². The Balaban J connectivity index is 2.62. The zero-order valence-electron chi connectivity index (χ0n) is 6.66. The van der Waals surface area contributed by atoms with Crippen LogP contribution in [-0.2, 0) is 4.79 Å². The Labute approximate surface area is 70.1 Å². The van der Waals surface area contributed by atoms with Gasteiger partial charge in [-0.3, -0.25) is 9.79 Å². The number of nitrogens with one attached hydrogen (secondary N) is 1. The first kappa shape index (κ1) is 7.03. The molecule has 0 saturated carbocycles. The number of benzene rings is 1. The van der Waals surface area contributed by atoms with Crippen molar-refractivity contribution < 1.29 is 4.79 Å². The Morgan fingerprint density at radius 3 is 2.83 bits per heavy atom. The van der Waals surface area contributed by atoms with E-state index in [0.29, 0.717) is 5.71 Å². The Bertz CT molecular complexity index is 369. The number of fused-ring (bicyclic) bond motifs is 1. The van der Waals surface area contributed by atoms with E-state index >= 15 is 0 Å². The first-order valence-corrected chi connectivity index (χ1v) is 3.70. The summed E-state index contributed by atoms with van der Waals surface area (Å²) in [4.78, 5) is 15.1. The summed E-state index contributed by atoms with van der Waals surface area (Å²) in [5.41, 5.74) is 2.26. The Morgan fingerprint density at radius 1 is 1.33 bits per heavy atom. The molecule has 1 heterocycles. The molecule has 1 aliphatic heterocycles. The predicted octanol–water partition coefficient (Wildman–Crippen LogP) is 1.06. The number of rotatable bonds is 0. The van der Waals surface area contributed by atoms with E-state index in [1.807, 2.05) is 24.3 Å². The molecule has 60 valence electrons. The molecule has 3 nitrogen and oxygen atoms in total. The molecule has 12 heavy (non-hydrogen) atoms. The Morgan fingerprint density at radius 2 is 2.08 bits per heavy atom. The maximum atomic E-state index is 11.2. The fraction of sp³-hybridized carbons (Fsp3) is 0.111. The number of aliphatic imine (C=N–C) groups is 1. The van der Waals surface area contributed by atoms with Crippen LogP contribution < -0.4 is 5.32 Å². The van der Waals surface area contributed by atoms with Gasteiger partial charge in [-0.2, -0.15) is 0 Å². The van der Waals surface area contributed by atoms with Gasteiger partial charge in [-0.1, -0.05) is 18.2 Å². The topological polar surface area (TPSA) is 41.5 Å². The number of carbonyl (C=O) groups is 1. The molecule has 0 saturated heterocycles. The molecule has 0 unspecified atom stereocenters. The standard InChI is InChI=1S/C9H8N2O/c1-10-8-6-4-2-3-5-7(6)11-9(8)12/h2-5H,1H3,(H,10,11,12). The second-order valence-electron chi connectivity index (χ2n) is 2.57. The van der Waals surface area contributed by atoms with Crippen molar-refractivity contribution in [3.63, 3.8) is 0 Å². The van der Waals surface area contributed by atoms with Crippen molar-refractivity contribution in [1.82, 2.24) is 0 Å². The summed E-state index contributed by atoms with van der Waals surface area (Å²) in [6.07, 6.45) is 0. The fourth-order valence-electron chi connectivity index (χ4n) is 1.32. The Hall–Kier alpha value is -1.64. The molecule has 3 heteroatoms. The van der Waals surface area contributed by atoms with Crippen molar-refractivity contribution in [2.24, 2.45) is 4.99 Å². The van der Waals surface area contributed by atoms with Crippen LogP contribution in [0.25, 0.3) is 0 Å².